The van der Waals surface area contributed by atoms with Gasteiger partial charge in [-0.1, -0.05) is 19.1 Å². The van der Waals surface area contributed by atoms with Crippen molar-refractivity contribution in [3.8, 4) is 11.7 Å². The van der Waals surface area contributed by atoms with Gasteiger partial charge in [0.1, 0.15) is 6.54 Å². The highest BCUT2D eigenvalue weighted by atomic mass is 32.2. The zero-order valence-corrected chi connectivity index (χ0v) is 14.9. The number of para-hydroxylation sites is 1. The van der Waals surface area contributed by atoms with Crippen LogP contribution in [-0.4, -0.2) is 27.5 Å². The number of fused-ring (bicyclic) bond motifs is 1. The Morgan fingerprint density at radius 1 is 1.31 bits per heavy atom. The van der Waals surface area contributed by atoms with Crippen LogP contribution in [0.4, 0.5) is 5.69 Å². The second-order valence-corrected chi connectivity index (χ2v) is 7.52. The molecule has 26 heavy (non-hydrogen) atoms. The number of furan rings is 1. The maximum Gasteiger partial charge on any atom is 0.437 e. The zero-order valence-electron chi connectivity index (χ0n) is 14.1. The summed E-state index contributed by atoms with van der Waals surface area (Å²) in [6.07, 6.45) is 2.34. The monoisotopic (exact) mass is 371 g/mol. The summed E-state index contributed by atoms with van der Waals surface area (Å²) in [5.74, 6) is -0.476. The van der Waals surface area contributed by atoms with Crippen molar-refractivity contribution in [2.75, 3.05) is 11.4 Å². The molecule has 0 fully saturated rings. The first-order valence-corrected chi connectivity index (χ1v) is 9.17. The van der Waals surface area contributed by atoms with E-state index < -0.39 is 5.76 Å². The van der Waals surface area contributed by atoms with Crippen molar-refractivity contribution >= 4 is 23.4 Å². The summed E-state index contributed by atoms with van der Waals surface area (Å²) < 4.78 is 11.3. The molecular weight excluding hydrogens is 354 g/mol. The maximum absolute atomic E-state index is 12.9. The maximum atomic E-state index is 12.9. The number of hydrogen-bond donors (Lipinski definition) is 0. The van der Waals surface area contributed by atoms with E-state index in [2.05, 4.69) is 12.0 Å². The molecule has 1 aliphatic rings. The fourth-order valence-corrected chi connectivity index (χ4v) is 3.98. The van der Waals surface area contributed by atoms with Gasteiger partial charge in [0.15, 0.2) is 5.76 Å². The Labute approximate surface area is 153 Å². The van der Waals surface area contributed by atoms with Gasteiger partial charge >= 0.3 is 5.76 Å². The van der Waals surface area contributed by atoms with Crippen molar-refractivity contribution in [2.24, 2.45) is 0 Å². The molecular formula is C18H17N3O4S. The van der Waals surface area contributed by atoms with Crippen LogP contribution in [0.5, 0.6) is 0 Å². The highest BCUT2D eigenvalue weighted by Gasteiger charge is 2.25. The van der Waals surface area contributed by atoms with Crippen LogP contribution in [-0.2, 0) is 11.3 Å². The molecule has 0 spiro atoms. The van der Waals surface area contributed by atoms with E-state index in [0.717, 1.165) is 21.7 Å². The lowest BCUT2D eigenvalue weighted by molar-refractivity contribution is -0.119. The van der Waals surface area contributed by atoms with Crippen molar-refractivity contribution in [1.29, 1.82) is 0 Å². The lowest BCUT2D eigenvalue weighted by Crippen LogP contribution is -2.37. The first kappa shape index (κ1) is 16.7. The molecule has 0 aliphatic carbocycles. The molecule has 4 rings (SSSR count). The highest BCUT2D eigenvalue weighted by Crippen LogP contribution is 2.37. The van der Waals surface area contributed by atoms with Gasteiger partial charge in [0.2, 0.25) is 5.91 Å². The van der Waals surface area contributed by atoms with E-state index in [1.165, 1.54) is 6.26 Å². The van der Waals surface area contributed by atoms with Crippen molar-refractivity contribution in [3.05, 3.63) is 53.2 Å². The zero-order chi connectivity index (χ0) is 18.1. The molecule has 1 atom stereocenters. The molecule has 0 radical (unpaired) electrons. The molecule has 0 bridgehead atoms. The summed E-state index contributed by atoms with van der Waals surface area (Å²) >= 11 is 1.76. The van der Waals surface area contributed by atoms with Gasteiger partial charge in [-0.2, -0.15) is 4.68 Å². The number of rotatable bonds is 3. The summed E-state index contributed by atoms with van der Waals surface area (Å²) in [4.78, 5) is 27.7. The number of carbonyl (C=O) groups excluding carboxylic acids is 1. The smallest absolute Gasteiger partial charge is 0.437 e. The van der Waals surface area contributed by atoms with Crippen LogP contribution in [0.15, 0.2) is 61.2 Å². The summed E-state index contributed by atoms with van der Waals surface area (Å²) in [6.45, 7) is 2.56. The topological polar surface area (TPSA) is 81.5 Å². The summed E-state index contributed by atoms with van der Waals surface area (Å²) in [6, 6.07) is 11.1. The number of benzene rings is 1. The van der Waals surface area contributed by atoms with E-state index in [4.69, 9.17) is 8.83 Å². The van der Waals surface area contributed by atoms with Crippen LogP contribution in [0.3, 0.4) is 0 Å². The quantitative estimate of drug-likeness (QED) is 0.704. The first-order valence-electron chi connectivity index (χ1n) is 8.29. The van der Waals surface area contributed by atoms with Gasteiger partial charge < -0.3 is 13.7 Å². The average molecular weight is 371 g/mol. The molecule has 0 N–H and O–H groups in total. The van der Waals surface area contributed by atoms with Crippen LogP contribution >= 0.6 is 11.8 Å². The van der Waals surface area contributed by atoms with Crippen LogP contribution < -0.4 is 10.7 Å². The fourth-order valence-electron chi connectivity index (χ4n) is 2.87. The average Bonchev–Trinajstić information content (AvgIpc) is 3.23. The number of nitrogens with zero attached hydrogens (tertiary/aromatic N) is 3. The molecule has 3 heterocycles. The Morgan fingerprint density at radius 3 is 2.96 bits per heavy atom. The third-order valence-electron chi connectivity index (χ3n) is 4.17. The summed E-state index contributed by atoms with van der Waals surface area (Å²) in [5.41, 5.74) is 0.870. The molecule has 134 valence electrons. The van der Waals surface area contributed by atoms with Crippen molar-refractivity contribution in [2.45, 2.75) is 30.0 Å². The van der Waals surface area contributed by atoms with Crippen LogP contribution in [0, 0.1) is 0 Å². The molecule has 1 amide bonds. The molecule has 1 aliphatic heterocycles. The Kier molecular flexibility index (Phi) is 4.42. The third-order valence-corrected chi connectivity index (χ3v) is 5.40. The highest BCUT2D eigenvalue weighted by molar-refractivity contribution is 8.00. The van der Waals surface area contributed by atoms with Gasteiger partial charge in [-0.3, -0.25) is 4.79 Å². The third kappa shape index (κ3) is 3.20. The molecule has 0 saturated carbocycles. The van der Waals surface area contributed by atoms with E-state index in [1.807, 2.05) is 24.3 Å². The van der Waals surface area contributed by atoms with Gasteiger partial charge in [-0.05, 0) is 30.7 Å². The number of carbonyl (C=O) groups is 1. The van der Waals surface area contributed by atoms with Crippen molar-refractivity contribution in [1.82, 2.24) is 9.78 Å². The Bertz CT molecular complexity index is 976. The van der Waals surface area contributed by atoms with Gasteiger partial charge in [-0.25, -0.2) is 4.79 Å². The van der Waals surface area contributed by atoms with Gasteiger partial charge in [0.25, 0.3) is 5.89 Å². The van der Waals surface area contributed by atoms with Crippen molar-refractivity contribution in [3.63, 3.8) is 0 Å². The van der Waals surface area contributed by atoms with Crippen molar-refractivity contribution < 1.29 is 13.6 Å². The van der Waals surface area contributed by atoms with Crippen LogP contribution in [0.1, 0.15) is 13.3 Å². The minimum atomic E-state index is -0.685. The second kappa shape index (κ2) is 6.87. The van der Waals surface area contributed by atoms with Gasteiger partial charge in [-0.15, -0.1) is 16.9 Å². The minimum absolute atomic E-state index is 0.0632. The molecule has 1 aromatic carbocycles. The van der Waals surface area contributed by atoms with E-state index in [-0.39, 0.29) is 18.3 Å². The molecule has 2 aromatic heterocycles. The Hall–Kier alpha value is -2.74. The van der Waals surface area contributed by atoms with E-state index in [9.17, 15) is 9.59 Å². The van der Waals surface area contributed by atoms with Gasteiger partial charge in [0, 0.05) is 16.7 Å². The molecule has 8 heteroatoms. The predicted octanol–water partition coefficient (Wildman–Crippen LogP) is 3.01. The second-order valence-electron chi connectivity index (χ2n) is 6.04. The predicted molar refractivity (Wildman–Crippen MR) is 97.2 cm³/mol. The van der Waals surface area contributed by atoms with Crippen LogP contribution in [0.2, 0.25) is 0 Å². The number of anilines is 1. The fraction of sp³-hybridized carbons (Fsp3) is 0.278. The molecule has 7 nitrogen and oxygen atoms in total. The SMILES string of the molecule is CC1CCN(C(=O)Cn2nc(-c3ccco3)oc2=O)c2ccccc2S1. The standard InChI is InChI=1S/C18H17N3O4S/c1-12-8-9-20(13-5-2-3-7-15(13)26-12)16(22)11-21-18(23)25-17(19-21)14-6-4-10-24-14/h2-7,10,12H,8-9,11H2,1H3. The van der Waals surface area contributed by atoms with Gasteiger partial charge in [0.05, 0.1) is 12.0 Å². The van der Waals surface area contributed by atoms with E-state index >= 15 is 0 Å². The minimum Gasteiger partial charge on any atom is -0.459 e. The normalized spacial score (nSPS) is 17.0. The summed E-state index contributed by atoms with van der Waals surface area (Å²) in [5, 5.41) is 4.48. The lowest BCUT2D eigenvalue weighted by Gasteiger charge is -2.22. The first-order chi connectivity index (χ1) is 12.6. The lowest BCUT2D eigenvalue weighted by atomic mass is 10.2. The number of amides is 1. The number of hydrogen-bond acceptors (Lipinski definition) is 6. The van der Waals surface area contributed by atoms with Crippen LogP contribution in [0.25, 0.3) is 11.7 Å². The summed E-state index contributed by atoms with van der Waals surface area (Å²) in [7, 11) is 0. The number of thioether (sulfide) groups is 1. The Morgan fingerprint density at radius 2 is 2.15 bits per heavy atom. The molecule has 0 saturated heterocycles. The van der Waals surface area contributed by atoms with E-state index in [1.54, 1.807) is 28.8 Å². The molecule has 3 aromatic rings. The number of aromatic nitrogens is 2. The molecule has 1 unspecified atom stereocenters. The largest absolute Gasteiger partial charge is 0.459 e. The Balaban J connectivity index is 1.60. The van der Waals surface area contributed by atoms with E-state index in [0.29, 0.717) is 17.6 Å².